The molecule has 0 aliphatic heterocycles. The van der Waals surface area contributed by atoms with Crippen LogP contribution in [0.15, 0.2) is 166 Å². The van der Waals surface area contributed by atoms with Gasteiger partial charge in [-0.05, 0) is 183 Å². The number of rotatable bonds is 26. The molecule has 0 heterocycles. The third-order valence-electron chi connectivity index (χ3n) is 12.8. The quantitative estimate of drug-likeness (QED) is 0.0309. The average Bonchev–Trinajstić information content (AvgIpc) is 3.44. The van der Waals surface area contributed by atoms with Crippen molar-refractivity contribution in [2.24, 2.45) is 20.5 Å². The van der Waals surface area contributed by atoms with E-state index in [4.69, 9.17) is 0 Å². The van der Waals surface area contributed by atoms with Gasteiger partial charge in [0.05, 0.1) is 22.7 Å². The van der Waals surface area contributed by atoms with E-state index in [-0.39, 0.29) is 0 Å². The summed E-state index contributed by atoms with van der Waals surface area (Å²) < 4.78 is 0. The monoisotopic (exact) mass is 977 g/mol. The van der Waals surface area contributed by atoms with Gasteiger partial charge in [0.15, 0.2) is 0 Å². The lowest BCUT2D eigenvalue weighted by molar-refractivity contribution is 0.609. The number of nitrogens with zero attached hydrogens (tertiary/aromatic N) is 6. The molecule has 0 radical (unpaired) electrons. The van der Waals surface area contributed by atoms with E-state index in [1.807, 2.05) is 97.1 Å². The maximum absolute atomic E-state index is 4.43. The largest absolute Gasteiger partial charge is 0.372 e. The van der Waals surface area contributed by atoms with Crippen LogP contribution in [-0.2, 0) is 0 Å². The van der Waals surface area contributed by atoms with Gasteiger partial charge < -0.3 is 9.80 Å². The minimum absolute atomic E-state index is 0.744. The van der Waals surface area contributed by atoms with Crippen molar-refractivity contribution >= 4 is 34.1 Å². The highest BCUT2D eigenvalue weighted by molar-refractivity contribution is 5.55. The molecule has 0 aliphatic carbocycles. The molecule has 6 rings (SSSR count). The molecule has 0 fully saturated rings. The minimum atomic E-state index is 0.744. The Morgan fingerprint density at radius 1 is 0.257 bits per heavy atom. The summed E-state index contributed by atoms with van der Waals surface area (Å²) in [5.74, 6) is 25.4. The fourth-order valence-electron chi connectivity index (χ4n) is 8.34. The number of hydrogen-bond acceptors (Lipinski definition) is 6. The van der Waals surface area contributed by atoms with E-state index >= 15 is 0 Å². The molecular weight excluding hydrogens is 901 g/mol. The fraction of sp³-hybridized carbons (Fsp3) is 0.353. The van der Waals surface area contributed by atoms with Crippen LogP contribution in [0.5, 0.6) is 0 Å². The van der Waals surface area contributed by atoms with Crippen LogP contribution >= 0.6 is 0 Å². The van der Waals surface area contributed by atoms with E-state index in [0.717, 1.165) is 82.3 Å². The van der Waals surface area contributed by atoms with Crippen LogP contribution in [0.1, 0.15) is 164 Å². The lowest BCUT2D eigenvalue weighted by Crippen LogP contribution is -2.25. The fourth-order valence-corrected chi connectivity index (χ4v) is 8.34. The number of benzene rings is 6. The van der Waals surface area contributed by atoms with Gasteiger partial charge in [0.1, 0.15) is 0 Å². The molecule has 6 heteroatoms. The summed E-state index contributed by atoms with van der Waals surface area (Å²) in [6.45, 7) is 13.6. The van der Waals surface area contributed by atoms with Gasteiger partial charge in [-0.3, -0.25) is 0 Å². The van der Waals surface area contributed by atoms with Crippen molar-refractivity contribution in [3.8, 4) is 47.4 Å². The van der Waals surface area contributed by atoms with Crippen LogP contribution in [0.4, 0.5) is 34.1 Å². The van der Waals surface area contributed by atoms with Crippen molar-refractivity contribution in [3.05, 3.63) is 179 Å². The number of azo groups is 2. The van der Waals surface area contributed by atoms with Gasteiger partial charge in [-0.25, -0.2) is 0 Å². The van der Waals surface area contributed by atoms with Crippen molar-refractivity contribution in [3.63, 3.8) is 0 Å². The van der Waals surface area contributed by atoms with Crippen LogP contribution in [0.25, 0.3) is 0 Å². The smallest absolute Gasteiger partial charge is 0.0857 e. The normalized spacial score (nSPS) is 10.7. The molecule has 0 spiro atoms. The van der Waals surface area contributed by atoms with Gasteiger partial charge in [0.2, 0.25) is 0 Å². The zero-order valence-electron chi connectivity index (χ0n) is 44.7. The molecule has 0 unspecified atom stereocenters. The highest BCUT2D eigenvalue weighted by atomic mass is 15.1. The Bertz CT molecular complexity index is 2640. The van der Waals surface area contributed by atoms with Crippen molar-refractivity contribution in [1.82, 2.24) is 0 Å². The maximum atomic E-state index is 4.43. The first-order valence-corrected chi connectivity index (χ1v) is 27.5. The van der Waals surface area contributed by atoms with Crippen molar-refractivity contribution in [2.45, 2.75) is 130 Å². The highest BCUT2D eigenvalue weighted by Gasteiger charge is 2.08. The Hall–Kier alpha value is -7.64. The lowest BCUT2D eigenvalue weighted by Gasteiger charge is -2.25. The van der Waals surface area contributed by atoms with E-state index in [9.17, 15) is 0 Å². The Balaban J connectivity index is 0.931. The van der Waals surface area contributed by atoms with Crippen LogP contribution < -0.4 is 9.80 Å². The van der Waals surface area contributed by atoms with Gasteiger partial charge in [-0.15, -0.1) is 0 Å². The third kappa shape index (κ3) is 20.8. The Morgan fingerprint density at radius 3 is 0.703 bits per heavy atom. The van der Waals surface area contributed by atoms with Gasteiger partial charge >= 0.3 is 0 Å². The maximum Gasteiger partial charge on any atom is 0.0857 e. The zero-order valence-corrected chi connectivity index (χ0v) is 44.7. The van der Waals surface area contributed by atoms with E-state index in [0.29, 0.717) is 0 Å². The van der Waals surface area contributed by atoms with Gasteiger partial charge in [0, 0.05) is 70.9 Å². The van der Waals surface area contributed by atoms with Gasteiger partial charge in [0.25, 0.3) is 0 Å². The lowest BCUT2D eigenvalue weighted by atomic mass is 10.1. The predicted molar refractivity (Wildman–Crippen MR) is 314 cm³/mol. The molecule has 0 aliphatic rings. The summed E-state index contributed by atoms with van der Waals surface area (Å²) in [6.07, 6.45) is 20.5. The van der Waals surface area contributed by atoms with Gasteiger partial charge in [-0.2, -0.15) is 20.5 Å². The van der Waals surface area contributed by atoms with Crippen LogP contribution in [-0.4, -0.2) is 26.2 Å². The first-order valence-electron chi connectivity index (χ1n) is 27.5. The summed E-state index contributed by atoms with van der Waals surface area (Å²) >= 11 is 0. The van der Waals surface area contributed by atoms with E-state index in [1.54, 1.807) is 0 Å². The predicted octanol–water partition coefficient (Wildman–Crippen LogP) is 18.7. The van der Waals surface area contributed by atoms with Crippen LogP contribution in [0, 0.1) is 47.4 Å². The second kappa shape index (κ2) is 33.2. The second-order valence-electron chi connectivity index (χ2n) is 18.9. The first-order chi connectivity index (χ1) is 36.5. The Labute approximate surface area is 445 Å². The number of anilines is 2. The van der Waals surface area contributed by atoms with Gasteiger partial charge in [-0.1, -0.05) is 140 Å². The standard InChI is InChI=1S/C68H76N6/c1-5-9-13-19-53-73(54-20-14-10-6-2)67-49-37-61(38-50-67)27-25-59-33-45-65(46-34-59)71-69-63-41-29-57(30-42-63)23-17-18-24-58-31-43-64(44-32-58)70-72-66-47-35-60(36-48-66)26-28-62-39-51-68(52-40-62)74(55-21-15-11-7-3)56-22-16-12-8-4/h29-52H,5-16,19-22,53-56H2,1-4H3. The molecular formula is C68H76N6. The Kier molecular flexibility index (Phi) is 24.9. The summed E-state index contributed by atoms with van der Waals surface area (Å²) in [7, 11) is 0. The first kappa shape index (κ1) is 55.7. The number of unbranched alkanes of at least 4 members (excludes halogenated alkanes) is 12. The minimum Gasteiger partial charge on any atom is -0.372 e. The summed E-state index contributed by atoms with van der Waals surface area (Å²) in [6, 6.07) is 48.5. The van der Waals surface area contributed by atoms with E-state index in [1.165, 1.54) is 114 Å². The molecule has 74 heavy (non-hydrogen) atoms. The molecule has 6 nitrogen and oxygen atoms in total. The van der Waals surface area contributed by atoms with E-state index < -0.39 is 0 Å². The molecule has 6 aromatic carbocycles. The molecule has 0 aromatic heterocycles. The summed E-state index contributed by atoms with van der Waals surface area (Å²) in [5.41, 5.74) is 11.2. The second-order valence-corrected chi connectivity index (χ2v) is 18.9. The molecule has 0 saturated heterocycles. The summed E-state index contributed by atoms with van der Waals surface area (Å²) in [5, 5.41) is 17.7. The van der Waals surface area contributed by atoms with Crippen LogP contribution in [0.3, 0.4) is 0 Å². The van der Waals surface area contributed by atoms with E-state index in [2.05, 4.69) is 154 Å². The molecule has 0 atom stereocenters. The van der Waals surface area contributed by atoms with Crippen LogP contribution in [0.2, 0.25) is 0 Å². The highest BCUT2D eigenvalue weighted by Crippen LogP contribution is 2.23. The Morgan fingerprint density at radius 2 is 0.473 bits per heavy atom. The van der Waals surface area contributed by atoms with Crippen molar-refractivity contribution in [1.29, 1.82) is 0 Å². The van der Waals surface area contributed by atoms with Crippen molar-refractivity contribution in [2.75, 3.05) is 36.0 Å². The van der Waals surface area contributed by atoms with Crippen molar-refractivity contribution < 1.29 is 0 Å². The zero-order chi connectivity index (χ0) is 51.7. The SMILES string of the molecule is CCCCCCN(CCCCCC)c1ccc(C#Cc2ccc(N=Nc3ccc(C#CC#Cc4ccc(N=Nc5ccc(C#Cc6ccc(N(CCCCCC)CCCCCC)cc6)cc5)cc4)cc3)cc2)cc1. The third-order valence-corrected chi connectivity index (χ3v) is 12.8. The molecule has 0 N–H and O–H groups in total. The molecule has 0 amide bonds. The molecule has 378 valence electrons. The molecule has 6 aromatic rings. The summed E-state index contributed by atoms with van der Waals surface area (Å²) in [4.78, 5) is 5.12. The average molecular weight is 977 g/mol. The number of hydrogen-bond donors (Lipinski definition) is 0. The molecule has 0 saturated carbocycles. The topological polar surface area (TPSA) is 55.9 Å². The molecule has 0 bridgehead atoms.